The molecule has 0 fully saturated rings. The Hall–Kier alpha value is -0.180. The molecule has 3 heteroatoms. The van der Waals surface area contributed by atoms with Crippen molar-refractivity contribution in [2.75, 3.05) is 12.3 Å². The van der Waals surface area contributed by atoms with Crippen molar-refractivity contribution in [1.29, 1.82) is 0 Å². The molecule has 1 unspecified atom stereocenters. The Morgan fingerprint density at radius 1 is 1.31 bits per heavy atom. The third-order valence-corrected chi connectivity index (χ3v) is 4.13. The molecule has 0 saturated heterocycles. The van der Waals surface area contributed by atoms with Gasteiger partial charge in [-0.25, -0.2) is 0 Å². The number of hydrogen-bond acceptors (Lipinski definition) is 2. The molecule has 1 nitrogen and oxygen atoms in total. The van der Waals surface area contributed by atoms with Gasteiger partial charge in [0.05, 0.1) is 5.02 Å². The van der Waals surface area contributed by atoms with Crippen LogP contribution in [0.25, 0.3) is 0 Å². The van der Waals surface area contributed by atoms with E-state index in [0.717, 1.165) is 23.7 Å². The fraction of sp³-hybridized carbons (Fsp3) is 0.538. The molecule has 0 saturated carbocycles. The Morgan fingerprint density at radius 3 is 2.69 bits per heavy atom. The Bertz CT molecular complexity index is 304. The van der Waals surface area contributed by atoms with E-state index in [2.05, 4.69) is 25.2 Å². The molecule has 16 heavy (non-hydrogen) atoms. The fourth-order valence-corrected chi connectivity index (χ4v) is 2.84. The lowest BCUT2D eigenvalue weighted by molar-refractivity contribution is 0.539. The second kappa shape index (κ2) is 7.99. The highest BCUT2D eigenvalue weighted by atomic mass is 35.5. The minimum atomic E-state index is 0.584. The molecule has 1 rings (SSSR count). The van der Waals surface area contributed by atoms with Gasteiger partial charge < -0.3 is 5.32 Å². The van der Waals surface area contributed by atoms with Crippen LogP contribution in [0.1, 0.15) is 26.7 Å². The largest absolute Gasteiger partial charge is 0.313 e. The third-order valence-electron chi connectivity index (χ3n) is 2.45. The Morgan fingerprint density at radius 2 is 2.06 bits per heavy atom. The normalized spacial score (nSPS) is 12.7. The summed E-state index contributed by atoms with van der Waals surface area (Å²) in [7, 11) is 0. The smallest absolute Gasteiger partial charge is 0.0541 e. The molecule has 1 aromatic carbocycles. The van der Waals surface area contributed by atoms with Crippen molar-refractivity contribution in [2.45, 2.75) is 37.6 Å². The summed E-state index contributed by atoms with van der Waals surface area (Å²) < 4.78 is 0. The summed E-state index contributed by atoms with van der Waals surface area (Å²) in [5.41, 5.74) is 0. The topological polar surface area (TPSA) is 12.0 Å². The summed E-state index contributed by atoms with van der Waals surface area (Å²) in [5.74, 6) is 1.08. The van der Waals surface area contributed by atoms with E-state index >= 15 is 0 Å². The first-order chi connectivity index (χ1) is 7.77. The van der Waals surface area contributed by atoms with Crippen molar-refractivity contribution >= 4 is 23.4 Å². The monoisotopic (exact) mass is 257 g/mol. The van der Waals surface area contributed by atoms with Gasteiger partial charge in [0.2, 0.25) is 0 Å². The van der Waals surface area contributed by atoms with Gasteiger partial charge in [-0.3, -0.25) is 0 Å². The summed E-state index contributed by atoms with van der Waals surface area (Å²) in [4.78, 5) is 1.18. The van der Waals surface area contributed by atoms with Gasteiger partial charge in [0.15, 0.2) is 0 Å². The summed E-state index contributed by atoms with van der Waals surface area (Å²) in [6, 6.07) is 8.62. The van der Waals surface area contributed by atoms with Gasteiger partial charge in [0.1, 0.15) is 0 Å². The fourth-order valence-electron chi connectivity index (χ4n) is 1.42. The highest BCUT2D eigenvalue weighted by molar-refractivity contribution is 7.99. The van der Waals surface area contributed by atoms with Gasteiger partial charge >= 0.3 is 0 Å². The summed E-state index contributed by atoms with van der Waals surface area (Å²) >= 11 is 7.95. The average Bonchev–Trinajstić information content (AvgIpc) is 2.31. The van der Waals surface area contributed by atoms with Crippen molar-refractivity contribution in [3.8, 4) is 0 Å². The average molecular weight is 258 g/mol. The van der Waals surface area contributed by atoms with Gasteiger partial charge in [-0.05, 0) is 31.5 Å². The van der Waals surface area contributed by atoms with Gasteiger partial charge in [-0.2, -0.15) is 0 Å². The van der Waals surface area contributed by atoms with Crippen LogP contribution in [-0.4, -0.2) is 18.3 Å². The lowest BCUT2D eigenvalue weighted by Gasteiger charge is -2.16. The van der Waals surface area contributed by atoms with Crippen LogP contribution in [0, 0.1) is 0 Å². The van der Waals surface area contributed by atoms with Crippen LogP contribution in [0.3, 0.4) is 0 Å². The molecule has 0 aliphatic heterocycles. The van der Waals surface area contributed by atoms with E-state index in [-0.39, 0.29) is 0 Å². The van der Waals surface area contributed by atoms with Crippen LogP contribution in [-0.2, 0) is 0 Å². The van der Waals surface area contributed by atoms with Crippen molar-refractivity contribution in [1.82, 2.24) is 5.32 Å². The van der Waals surface area contributed by atoms with Crippen molar-refractivity contribution in [3.63, 3.8) is 0 Å². The van der Waals surface area contributed by atoms with Gasteiger partial charge in [0.25, 0.3) is 0 Å². The van der Waals surface area contributed by atoms with Gasteiger partial charge in [-0.15, -0.1) is 11.8 Å². The number of rotatable bonds is 7. The highest BCUT2D eigenvalue weighted by Crippen LogP contribution is 2.27. The van der Waals surface area contributed by atoms with Crippen molar-refractivity contribution in [3.05, 3.63) is 29.3 Å². The maximum absolute atomic E-state index is 6.11. The van der Waals surface area contributed by atoms with E-state index in [1.54, 1.807) is 0 Å². The van der Waals surface area contributed by atoms with Crippen LogP contribution >= 0.6 is 23.4 Å². The molecule has 0 aliphatic rings. The molecule has 0 heterocycles. The highest BCUT2D eigenvalue weighted by Gasteiger charge is 2.07. The lowest BCUT2D eigenvalue weighted by Crippen LogP contribution is -2.31. The maximum Gasteiger partial charge on any atom is 0.0541 e. The molecule has 90 valence electrons. The summed E-state index contributed by atoms with van der Waals surface area (Å²) in [5, 5.41) is 4.40. The molecule has 0 amide bonds. The van der Waals surface area contributed by atoms with Crippen molar-refractivity contribution < 1.29 is 0 Å². The number of thioether (sulfide) groups is 1. The molecule has 1 N–H and O–H groups in total. The number of halogens is 1. The van der Waals surface area contributed by atoms with Gasteiger partial charge in [0, 0.05) is 16.7 Å². The minimum absolute atomic E-state index is 0.584. The molecule has 0 radical (unpaired) electrons. The van der Waals surface area contributed by atoms with Crippen LogP contribution in [0.4, 0.5) is 0 Å². The molecule has 0 bridgehead atoms. The second-order valence-corrected chi connectivity index (χ2v) is 5.27. The maximum atomic E-state index is 6.11. The van der Waals surface area contributed by atoms with E-state index < -0.39 is 0 Å². The molecule has 1 atom stereocenters. The number of nitrogens with one attached hydrogen (secondary N) is 1. The molecule has 1 aromatic rings. The van der Waals surface area contributed by atoms with Crippen LogP contribution in [0.2, 0.25) is 5.02 Å². The quantitative estimate of drug-likeness (QED) is 0.735. The second-order valence-electron chi connectivity index (χ2n) is 3.80. The van der Waals surface area contributed by atoms with E-state index in [1.807, 2.05) is 30.0 Å². The predicted octanol–water partition coefficient (Wildman–Crippen LogP) is 4.21. The van der Waals surface area contributed by atoms with E-state index in [0.29, 0.717) is 6.04 Å². The molecule has 0 spiro atoms. The number of benzene rings is 1. The van der Waals surface area contributed by atoms with Crippen LogP contribution < -0.4 is 5.32 Å². The Labute approximate surface area is 108 Å². The number of hydrogen-bond donors (Lipinski definition) is 1. The Kier molecular flexibility index (Phi) is 6.93. The van der Waals surface area contributed by atoms with Crippen LogP contribution in [0.15, 0.2) is 29.2 Å². The predicted molar refractivity (Wildman–Crippen MR) is 74.5 cm³/mol. The summed E-state index contributed by atoms with van der Waals surface area (Å²) in [6.45, 7) is 5.52. The molecular formula is C13H20ClNS. The van der Waals surface area contributed by atoms with E-state index in [9.17, 15) is 0 Å². The summed E-state index contributed by atoms with van der Waals surface area (Å²) in [6.07, 6.45) is 2.35. The lowest BCUT2D eigenvalue weighted by atomic mass is 10.2. The third kappa shape index (κ3) is 4.77. The standard InChI is InChI=1S/C13H20ClNS/c1-3-9-15-11(4-2)10-16-13-8-6-5-7-12(13)14/h5-8,11,15H,3-4,9-10H2,1-2H3. The first kappa shape index (κ1) is 13.9. The Balaban J connectivity index is 2.40. The molecular weight excluding hydrogens is 238 g/mol. The zero-order valence-electron chi connectivity index (χ0n) is 10.0. The SMILES string of the molecule is CCCNC(CC)CSc1ccccc1Cl. The molecule has 0 aromatic heterocycles. The minimum Gasteiger partial charge on any atom is -0.313 e. The van der Waals surface area contributed by atoms with E-state index in [1.165, 1.54) is 11.3 Å². The zero-order chi connectivity index (χ0) is 11.8. The van der Waals surface area contributed by atoms with E-state index in [4.69, 9.17) is 11.6 Å². The van der Waals surface area contributed by atoms with Crippen molar-refractivity contribution in [2.24, 2.45) is 0 Å². The first-order valence-electron chi connectivity index (χ1n) is 5.88. The zero-order valence-corrected chi connectivity index (χ0v) is 11.6. The van der Waals surface area contributed by atoms with Gasteiger partial charge in [-0.1, -0.05) is 37.6 Å². The molecule has 0 aliphatic carbocycles. The van der Waals surface area contributed by atoms with Crippen LogP contribution in [0.5, 0.6) is 0 Å². The first-order valence-corrected chi connectivity index (χ1v) is 7.25.